The first kappa shape index (κ1) is 21.0. The van der Waals surface area contributed by atoms with Gasteiger partial charge in [-0.1, -0.05) is 30.3 Å². The molecule has 31 heavy (non-hydrogen) atoms. The van der Waals surface area contributed by atoms with Gasteiger partial charge in [0.2, 0.25) is 5.91 Å². The normalized spacial score (nSPS) is 10.7. The maximum atomic E-state index is 12.2. The van der Waals surface area contributed by atoms with Crippen LogP contribution in [0, 0.1) is 0 Å². The largest absolute Gasteiger partial charge is 0.486 e. The van der Waals surface area contributed by atoms with Crippen molar-refractivity contribution in [3.05, 3.63) is 83.3 Å². The number of rotatable bonds is 8. The number of thioether (sulfide) groups is 1. The van der Waals surface area contributed by atoms with Crippen LogP contribution in [0.1, 0.15) is 21.3 Å². The molecule has 0 spiro atoms. The molecule has 0 radical (unpaired) electrons. The molecular formula is C22H19N3O4S2. The van der Waals surface area contributed by atoms with Crippen LogP contribution in [0.2, 0.25) is 0 Å². The van der Waals surface area contributed by atoms with Crippen molar-refractivity contribution in [1.82, 2.24) is 15.8 Å². The quantitative estimate of drug-likeness (QED) is 0.389. The fourth-order valence-corrected chi connectivity index (χ4v) is 4.53. The molecule has 4 rings (SSSR count). The Morgan fingerprint density at radius 2 is 1.81 bits per heavy atom. The highest BCUT2D eigenvalue weighted by Crippen LogP contribution is 2.24. The van der Waals surface area contributed by atoms with Crippen molar-refractivity contribution in [2.75, 3.05) is 5.75 Å². The second-order valence-electron chi connectivity index (χ2n) is 6.44. The second kappa shape index (κ2) is 10.1. The van der Waals surface area contributed by atoms with Gasteiger partial charge in [0.15, 0.2) is 5.76 Å². The molecule has 0 unspecified atom stereocenters. The minimum absolute atomic E-state index is 0.0918. The zero-order valence-electron chi connectivity index (χ0n) is 16.4. The van der Waals surface area contributed by atoms with E-state index in [1.54, 1.807) is 17.4 Å². The SMILES string of the molecule is O=C(CSCc1nc2ccccc2s1)NNC(=O)c1ccc(COc2ccccc2)o1. The third kappa shape index (κ3) is 5.87. The Bertz CT molecular complexity index is 1140. The van der Waals surface area contributed by atoms with Gasteiger partial charge in [-0.05, 0) is 36.4 Å². The number of furan rings is 1. The van der Waals surface area contributed by atoms with Gasteiger partial charge in [-0.2, -0.15) is 0 Å². The van der Waals surface area contributed by atoms with Crippen LogP contribution in [0.5, 0.6) is 5.75 Å². The molecule has 158 valence electrons. The number of benzene rings is 2. The minimum Gasteiger partial charge on any atom is -0.486 e. The lowest BCUT2D eigenvalue weighted by Crippen LogP contribution is -2.42. The van der Waals surface area contributed by atoms with Crippen molar-refractivity contribution in [3.63, 3.8) is 0 Å². The summed E-state index contributed by atoms with van der Waals surface area (Å²) in [5.74, 6) is 1.30. The number of hydrogen-bond acceptors (Lipinski definition) is 7. The van der Waals surface area contributed by atoms with Crippen molar-refractivity contribution in [2.45, 2.75) is 12.4 Å². The summed E-state index contributed by atoms with van der Waals surface area (Å²) in [4.78, 5) is 28.7. The molecule has 2 heterocycles. The fraction of sp³-hybridized carbons (Fsp3) is 0.136. The molecule has 2 amide bonds. The van der Waals surface area contributed by atoms with Gasteiger partial charge in [0.05, 0.1) is 16.0 Å². The highest BCUT2D eigenvalue weighted by Gasteiger charge is 2.13. The van der Waals surface area contributed by atoms with Gasteiger partial charge in [-0.15, -0.1) is 23.1 Å². The Kier molecular flexibility index (Phi) is 6.85. The highest BCUT2D eigenvalue weighted by atomic mass is 32.2. The summed E-state index contributed by atoms with van der Waals surface area (Å²) in [6.45, 7) is 0.200. The van der Waals surface area contributed by atoms with Gasteiger partial charge in [0, 0.05) is 5.75 Å². The lowest BCUT2D eigenvalue weighted by Gasteiger charge is -2.06. The number of ether oxygens (including phenoxy) is 1. The Morgan fingerprint density at radius 3 is 2.65 bits per heavy atom. The number of fused-ring (bicyclic) bond motifs is 1. The van der Waals surface area contributed by atoms with Gasteiger partial charge >= 0.3 is 5.91 Å². The Balaban J connectivity index is 1.18. The number of nitrogens with zero attached hydrogens (tertiary/aromatic N) is 1. The van der Waals surface area contributed by atoms with Crippen LogP contribution in [-0.4, -0.2) is 22.6 Å². The summed E-state index contributed by atoms with van der Waals surface area (Å²) in [5.41, 5.74) is 5.71. The molecule has 0 aliphatic carbocycles. The van der Waals surface area contributed by atoms with Crippen LogP contribution < -0.4 is 15.6 Å². The summed E-state index contributed by atoms with van der Waals surface area (Å²) in [6.07, 6.45) is 0. The maximum absolute atomic E-state index is 12.2. The Labute approximate surface area is 186 Å². The standard InChI is InChI=1S/C22H19N3O4S2/c26-20(13-30-14-21-23-17-8-4-5-9-19(17)31-21)24-25-22(27)18-11-10-16(29-18)12-28-15-6-2-1-3-7-15/h1-11H,12-14H2,(H,24,26)(H,25,27). The first-order valence-corrected chi connectivity index (χ1v) is 11.4. The summed E-state index contributed by atoms with van der Waals surface area (Å²) < 4.78 is 12.2. The molecule has 0 bridgehead atoms. The van der Waals surface area contributed by atoms with Gasteiger partial charge in [0.25, 0.3) is 0 Å². The van der Waals surface area contributed by atoms with E-state index in [0.717, 1.165) is 15.2 Å². The highest BCUT2D eigenvalue weighted by molar-refractivity contribution is 7.99. The molecule has 9 heteroatoms. The van der Waals surface area contributed by atoms with Crippen LogP contribution >= 0.6 is 23.1 Å². The lowest BCUT2D eigenvalue weighted by molar-refractivity contribution is -0.119. The topological polar surface area (TPSA) is 93.5 Å². The molecule has 7 nitrogen and oxygen atoms in total. The second-order valence-corrected chi connectivity index (χ2v) is 8.54. The van der Waals surface area contributed by atoms with E-state index in [1.807, 2.05) is 54.6 Å². The van der Waals surface area contributed by atoms with E-state index in [1.165, 1.54) is 17.8 Å². The molecule has 0 fully saturated rings. The third-order valence-corrected chi connectivity index (χ3v) is 6.29. The van der Waals surface area contributed by atoms with E-state index in [9.17, 15) is 9.59 Å². The van der Waals surface area contributed by atoms with Gasteiger partial charge in [-0.25, -0.2) is 4.98 Å². The number of hydrazine groups is 1. The van der Waals surface area contributed by atoms with E-state index in [0.29, 0.717) is 17.3 Å². The molecule has 0 atom stereocenters. The van der Waals surface area contributed by atoms with E-state index in [4.69, 9.17) is 9.15 Å². The molecule has 4 aromatic rings. The molecule has 2 N–H and O–H groups in total. The van der Waals surface area contributed by atoms with Gasteiger partial charge in [0.1, 0.15) is 23.1 Å². The predicted molar refractivity (Wildman–Crippen MR) is 121 cm³/mol. The van der Waals surface area contributed by atoms with Crippen LogP contribution in [-0.2, 0) is 17.2 Å². The number of thiazole rings is 1. The van der Waals surface area contributed by atoms with Crippen molar-refractivity contribution in [2.24, 2.45) is 0 Å². The van der Waals surface area contributed by atoms with E-state index >= 15 is 0 Å². The number of carbonyl (C=O) groups excluding carboxylic acids is 2. The van der Waals surface area contributed by atoms with E-state index < -0.39 is 5.91 Å². The lowest BCUT2D eigenvalue weighted by atomic mass is 10.3. The van der Waals surface area contributed by atoms with Crippen LogP contribution in [0.4, 0.5) is 0 Å². The van der Waals surface area contributed by atoms with Crippen molar-refractivity contribution in [3.8, 4) is 5.75 Å². The Morgan fingerprint density at radius 1 is 1.00 bits per heavy atom. The predicted octanol–water partition coefficient (Wildman–Crippen LogP) is 4.16. The summed E-state index contributed by atoms with van der Waals surface area (Å²) in [6, 6.07) is 20.4. The number of aromatic nitrogens is 1. The molecule has 0 saturated heterocycles. The summed E-state index contributed by atoms with van der Waals surface area (Å²) in [7, 11) is 0. The van der Waals surface area contributed by atoms with Gasteiger partial charge < -0.3 is 9.15 Å². The average Bonchev–Trinajstić information content (AvgIpc) is 3.43. The average molecular weight is 454 g/mol. The van der Waals surface area contributed by atoms with Gasteiger partial charge in [-0.3, -0.25) is 20.4 Å². The first-order chi connectivity index (χ1) is 15.2. The Hall–Kier alpha value is -3.30. The number of carbonyl (C=O) groups is 2. The molecule has 0 aliphatic heterocycles. The number of amides is 2. The smallest absolute Gasteiger partial charge is 0.305 e. The van der Waals surface area contributed by atoms with Crippen molar-refractivity contribution >= 4 is 45.1 Å². The van der Waals surface area contributed by atoms with Crippen molar-refractivity contribution in [1.29, 1.82) is 0 Å². The zero-order chi connectivity index (χ0) is 21.5. The summed E-state index contributed by atoms with van der Waals surface area (Å²) >= 11 is 3.04. The molecule has 0 aliphatic rings. The number of nitrogens with one attached hydrogen (secondary N) is 2. The monoisotopic (exact) mass is 453 g/mol. The molecule has 0 saturated carbocycles. The maximum Gasteiger partial charge on any atom is 0.305 e. The minimum atomic E-state index is -0.532. The third-order valence-electron chi connectivity index (χ3n) is 4.12. The van der Waals surface area contributed by atoms with Crippen LogP contribution in [0.25, 0.3) is 10.2 Å². The molecule has 2 aromatic carbocycles. The van der Waals surface area contributed by atoms with Crippen LogP contribution in [0.15, 0.2) is 71.1 Å². The van der Waals surface area contributed by atoms with Crippen LogP contribution in [0.3, 0.4) is 0 Å². The number of para-hydroxylation sites is 2. The first-order valence-electron chi connectivity index (χ1n) is 9.45. The summed E-state index contributed by atoms with van der Waals surface area (Å²) in [5, 5.41) is 0.962. The molecular weight excluding hydrogens is 434 g/mol. The van der Waals surface area contributed by atoms with E-state index in [2.05, 4.69) is 15.8 Å². The fourth-order valence-electron chi connectivity index (χ4n) is 2.69. The van der Waals surface area contributed by atoms with Crippen molar-refractivity contribution < 1.29 is 18.7 Å². The zero-order valence-corrected chi connectivity index (χ0v) is 18.0. The number of hydrogen-bond donors (Lipinski definition) is 2. The molecule has 2 aromatic heterocycles. The van der Waals surface area contributed by atoms with E-state index in [-0.39, 0.29) is 24.0 Å².